The molecule has 1 aliphatic rings. The number of carbonyl (C=O) groups is 3. The number of imidazole rings is 1. The summed E-state index contributed by atoms with van der Waals surface area (Å²) in [7, 11) is 0. The fourth-order valence-corrected chi connectivity index (χ4v) is 3.65. The third kappa shape index (κ3) is 3.74. The number of carbonyl (C=O) groups excluding carboxylic acids is 3. The Morgan fingerprint density at radius 3 is 2.33 bits per heavy atom. The van der Waals surface area contributed by atoms with E-state index in [2.05, 4.69) is 10.3 Å². The predicted octanol–water partition coefficient (Wildman–Crippen LogP) is 2.87. The van der Waals surface area contributed by atoms with Gasteiger partial charge in [0.05, 0.1) is 16.8 Å². The molecule has 0 unspecified atom stereocenters. The SMILES string of the molecule is Cc1nccn1-c1ccccc1CNC(=O)CCCN1C(=O)c2ccccc2C1=O. The second kappa shape index (κ2) is 8.32. The topological polar surface area (TPSA) is 84.3 Å². The smallest absolute Gasteiger partial charge is 0.261 e. The van der Waals surface area contributed by atoms with E-state index < -0.39 is 0 Å². The van der Waals surface area contributed by atoms with Crippen molar-refractivity contribution in [2.45, 2.75) is 26.3 Å². The molecule has 0 spiro atoms. The summed E-state index contributed by atoms with van der Waals surface area (Å²) in [5.74, 6) is 0.166. The number of benzene rings is 2. The van der Waals surface area contributed by atoms with E-state index in [0.29, 0.717) is 24.1 Å². The third-order valence-electron chi connectivity index (χ3n) is 5.22. The first kappa shape index (κ1) is 19.6. The summed E-state index contributed by atoms with van der Waals surface area (Å²) >= 11 is 0. The zero-order chi connectivity index (χ0) is 21.1. The van der Waals surface area contributed by atoms with E-state index in [1.165, 1.54) is 4.90 Å². The minimum atomic E-state index is -0.291. The molecule has 0 saturated heterocycles. The molecule has 3 amide bonds. The minimum absolute atomic E-state index is 0.122. The molecule has 0 radical (unpaired) electrons. The van der Waals surface area contributed by atoms with Crippen molar-refractivity contribution < 1.29 is 14.4 Å². The number of nitrogens with one attached hydrogen (secondary N) is 1. The Bertz CT molecular complexity index is 1080. The van der Waals surface area contributed by atoms with Crippen molar-refractivity contribution in [1.29, 1.82) is 0 Å². The molecule has 4 rings (SSSR count). The maximum atomic E-state index is 12.4. The molecule has 7 nitrogen and oxygen atoms in total. The number of amides is 3. The largest absolute Gasteiger partial charge is 0.352 e. The van der Waals surface area contributed by atoms with Crippen LogP contribution in [0.5, 0.6) is 0 Å². The van der Waals surface area contributed by atoms with Gasteiger partial charge in [-0.1, -0.05) is 30.3 Å². The van der Waals surface area contributed by atoms with Crippen LogP contribution in [0.1, 0.15) is 44.9 Å². The lowest BCUT2D eigenvalue weighted by molar-refractivity contribution is -0.121. The fourth-order valence-electron chi connectivity index (χ4n) is 3.65. The van der Waals surface area contributed by atoms with Crippen LogP contribution in [0.2, 0.25) is 0 Å². The van der Waals surface area contributed by atoms with Crippen LogP contribution in [-0.2, 0) is 11.3 Å². The minimum Gasteiger partial charge on any atom is -0.352 e. The van der Waals surface area contributed by atoms with E-state index in [0.717, 1.165) is 17.1 Å². The summed E-state index contributed by atoms with van der Waals surface area (Å²) in [5.41, 5.74) is 2.81. The van der Waals surface area contributed by atoms with Gasteiger partial charge in [-0.3, -0.25) is 19.3 Å². The van der Waals surface area contributed by atoms with Crippen LogP contribution >= 0.6 is 0 Å². The molecule has 30 heavy (non-hydrogen) atoms. The highest BCUT2D eigenvalue weighted by molar-refractivity contribution is 6.21. The zero-order valence-electron chi connectivity index (χ0n) is 16.7. The van der Waals surface area contributed by atoms with Gasteiger partial charge in [0, 0.05) is 31.9 Å². The van der Waals surface area contributed by atoms with Crippen molar-refractivity contribution in [2.24, 2.45) is 0 Å². The molecule has 152 valence electrons. The van der Waals surface area contributed by atoms with Crippen LogP contribution in [-0.4, -0.2) is 38.7 Å². The molecule has 1 N–H and O–H groups in total. The number of rotatable bonds is 7. The van der Waals surface area contributed by atoms with Crippen molar-refractivity contribution in [2.75, 3.05) is 6.54 Å². The van der Waals surface area contributed by atoms with Crippen LogP contribution in [0.3, 0.4) is 0 Å². The number of para-hydroxylation sites is 1. The highest BCUT2D eigenvalue weighted by Gasteiger charge is 2.34. The van der Waals surface area contributed by atoms with Crippen molar-refractivity contribution >= 4 is 17.7 Å². The Hall–Kier alpha value is -3.74. The molecule has 7 heteroatoms. The lowest BCUT2D eigenvalue weighted by Gasteiger charge is -2.14. The maximum Gasteiger partial charge on any atom is 0.261 e. The van der Waals surface area contributed by atoms with Gasteiger partial charge in [0.2, 0.25) is 5.91 Å². The van der Waals surface area contributed by atoms with Crippen LogP contribution in [0.4, 0.5) is 0 Å². The van der Waals surface area contributed by atoms with E-state index >= 15 is 0 Å². The number of hydrogen-bond donors (Lipinski definition) is 1. The van der Waals surface area contributed by atoms with E-state index in [1.54, 1.807) is 30.5 Å². The number of nitrogens with zero attached hydrogens (tertiary/aromatic N) is 3. The fraction of sp³-hybridized carbons (Fsp3) is 0.217. The summed E-state index contributed by atoms with van der Waals surface area (Å²) in [6, 6.07) is 14.6. The quantitative estimate of drug-likeness (QED) is 0.616. The molecule has 2 heterocycles. The molecule has 0 saturated carbocycles. The third-order valence-corrected chi connectivity index (χ3v) is 5.22. The van der Waals surface area contributed by atoms with Crippen molar-refractivity contribution in [3.8, 4) is 5.69 Å². The first-order valence-electron chi connectivity index (χ1n) is 9.86. The van der Waals surface area contributed by atoms with E-state index in [4.69, 9.17) is 0 Å². The first-order chi connectivity index (χ1) is 14.6. The average Bonchev–Trinajstić information content (AvgIpc) is 3.29. The molecular weight excluding hydrogens is 380 g/mol. The number of fused-ring (bicyclic) bond motifs is 1. The Morgan fingerprint density at radius 1 is 1.00 bits per heavy atom. The molecule has 3 aromatic rings. The normalized spacial score (nSPS) is 12.9. The summed E-state index contributed by atoms with van der Waals surface area (Å²) in [6.45, 7) is 2.54. The van der Waals surface area contributed by atoms with E-state index in [-0.39, 0.29) is 30.7 Å². The number of aryl methyl sites for hydroxylation is 1. The van der Waals surface area contributed by atoms with Crippen LogP contribution in [0.25, 0.3) is 5.69 Å². The molecule has 1 aliphatic heterocycles. The molecule has 2 aromatic carbocycles. The lowest BCUT2D eigenvalue weighted by Crippen LogP contribution is -2.32. The van der Waals surface area contributed by atoms with E-state index in [9.17, 15) is 14.4 Å². The molecule has 0 atom stereocenters. The first-order valence-corrected chi connectivity index (χ1v) is 9.86. The van der Waals surface area contributed by atoms with Gasteiger partial charge in [-0.15, -0.1) is 0 Å². The van der Waals surface area contributed by atoms with Crippen molar-refractivity contribution in [3.63, 3.8) is 0 Å². The maximum absolute atomic E-state index is 12.4. The van der Waals surface area contributed by atoms with Gasteiger partial charge in [-0.25, -0.2) is 4.98 Å². The van der Waals surface area contributed by atoms with Crippen molar-refractivity contribution in [3.05, 3.63) is 83.4 Å². The standard InChI is InChI=1S/C23H22N4O3/c1-16-24-12-14-26(16)20-10-5-2-7-17(20)15-25-21(28)11-6-13-27-22(29)18-8-3-4-9-19(18)23(27)30/h2-5,7-10,12,14H,6,11,13,15H2,1H3,(H,25,28). The predicted molar refractivity (Wildman–Crippen MR) is 111 cm³/mol. The molecular formula is C23H22N4O3. The number of hydrogen-bond acceptors (Lipinski definition) is 4. The zero-order valence-corrected chi connectivity index (χ0v) is 16.7. The second-order valence-electron chi connectivity index (χ2n) is 7.16. The Morgan fingerprint density at radius 2 is 1.67 bits per heavy atom. The molecule has 0 fully saturated rings. The van der Waals surface area contributed by atoms with Crippen LogP contribution in [0, 0.1) is 6.92 Å². The second-order valence-corrected chi connectivity index (χ2v) is 7.16. The summed E-state index contributed by atoms with van der Waals surface area (Å²) in [4.78, 5) is 42.5. The highest BCUT2D eigenvalue weighted by Crippen LogP contribution is 2.22. The summed E-state index contributed by atoms with van der Waals surface area (Å²) < 4.78 is 1.98. The lowest BCUT2D eigenvalue weighted by atomic mass is 10.1. The Balaban J connectivity index is 1.31. The van der Waals surface area contributed by atoms with Crippen LogP contribution < -0.4 is 5.32 Å². The van der Waals surface area contributed by atoms with Gasteiger partial charge >= 0.3 is 0 Å². The number of aromatic nitrogens is 2. The number of imide groups is 1. The van der Waals surface area contributed by atoms with Crippen LogP contribution in [0.15, 0.2) is 60.9 Å². The Labute approximate surface area is 174 Å². The van der Waals surface area contributed by atoms with Gasteiger partial charge in [0.15, 0.2) is 0 Å². The Kier molecular flexibility index (Phi) is 5.43. The highest BCUT2D eigenvalue weighted by atomic mass is 16.2. The molecule has 0 aliphatic carbocycles. The summed E-state index contributed by atoms with van der Waals surface area (Å²) in [6.07, 6.45) is 4.28. The van der Waals surface area contributed by atoms with Gasteiger partial charge < -0.3 is 9.88 Å². The molecule has 1 aromatic heterocycles. The average molecular weight is 402 g/mol. The van der Waals surface area contributed by atoms with E-state index in [1.807, 2.05) is 42.0 Å². The molecule has 0 bridgehead atoms. The summed E-state index contributed by atoms with van der Waals surface area (Å²) in [5, 5.41) is 2.92. The van der Waals surface area contributed by atoms with Gasteiger partial charge in [-0.2, -0.15) is 0 Å². The van der Waals surface area contributed by atoms with Gasteiger partial charge in [-0.05, 0) is 37.1 Å². The monoisotopic (exact) mass is 402 g/mol. The van der Waals surface area contributed by atoms with Crippen molar-refractivity contribution in [1.82, 2.24) is 19.8 Å². The van der Waals surface area contributed by atoms with Gasteiger partial charge in [0.25, 0.3) is 11.8 Å². The van der Waals surface area contributed by atoms with Gasteiger partial charge in [0.1, 0.15) is 5.82 Å².